The first-order valence-corrected chi connectivity index (χ1v) is 5.75. The first-order valence-electron chi connectivity index (χ1n) is 5.75. The standard InChI is InChI=1S/C13H18O3/c1-16-11-5-2-9(3-6-11)12-7-4-10(14)8-13(12)15/h4,7-9,11,14-15H,2-3,5-6H2,1H3. The summed E-state index contributed by atoms with van der Waals surface area (Å²) < 4.78 is 5.32. The molecule has 0 saturated heterocycles. The maximum absolute atomic E-state index is 9.78. The Bertz CT molecular complexity index is 354. The third kappa shape index (κ3) is 2.30. The highest BCUT2D eigenvalue weighted by molar-refractivity contribution is 5.41. The summed E-state index contributed by atoms with van der Waals surface area (Å²) in [4.78, 5) is 0. The van der Waals surface area contributed by atoms with Crippen molar-refractivity contribution in [3.63, 3.8) is 0 Å². The fourth-order valence-corrected chi connectivity index (χ4v) is 2.49. The molecule has 88 valence electrons. The van der Waals surface area contributed by atoms with Gasteiger partial charge in [-0.05, 0) is 43.2 Å². The highest BCUT2D eigenvalue weighted by Gasteiger charge is 2.23. The molecular weight excluding hydrogens is 204 g/mol. The first kappa shape index (κ1) is 11.3. The molecule has 2 N–H and O–H groups in total. The van der Waals surface area contributed by atoms with Crippen LogP contribution in [0.5, 0.6) is 11.5 Å². The molecule has 0 amide bonds. The van der Waals surface area contributed by atoms with Gasteiger partial charge in [-0.25, -0.2) is 0 Å². The third-order valence-electron chi connectivity index (χ3n) is 3.46. The Kier molecular flexibility index (Phi) is 3.34. The normalized spacial score (nSPS) is 25.6. The lowest BCUT2D eigenvalue weighted by atomic mass is 9.82. The molecule has 16 heavy (non-hydrogen) atoms. The number of ether oxygens (including phenoxy) is 1. The lowest BCUT2D eigenvalue weighted by molar-refractivity contribution is 0.0656. The van der Waals surface area contributed by atoms with Crippen LogP contribution in [0.4, 0.5) is 0 Å². The Morgan fingerprint density at radius 1 is 1.12 bits per heavy atom. The summed E-state index contributed by atoms with van der Waals surface area (Å²) in [6.07, 6.45) is 4.53. The topological polar surface area (TPSA) is 49.7 Å². The Morgan fingerprint density at radius 2 is 1.81 bits per heavy atom. The maximum Gasteiger partial charge on any atom is 0.122 e. The van der Waals surface area contributed by atoms with Gasteiger partial charge < -0.3 is 14.9 Å². The van der Waals surface area contributed by atoms with E-state index in [-0.39, 0.29) is 11.5 Å². The summed E-state index contributed by atoms with van der Waals surface area (Å²) >= 11 is 0. The van der Waals surface area contributed by atoms with E-state index < -0.39 is 0 Å². The molecule has 0 aromatic heterocycles. The minimum Gasteiger partial charge on any atom is -0.508 e. The Hall–Kier alpha value is -1.22. The molecule has 0 atom stereocenters. The molecule has 1 aromatic carbocycles. The van der Waals surface area contributed by atoms with Gasteiger partial charge in [-0.3, -0.25) is 0 Å². The van der Waals surface area contributed by atoms with Crippen LogP contribution in [0.1, 0.15) is 37.2 Å². The van der Waals surface area contributed by atoms with Crippen LogP contribution in [-0.2, 0) is 4.74 Å². The van der Waals surface area contributed by atoms with Gasteiger partial charge in [-0.2, -0.15) is 0 Å². The molecule has 1 fully saturated rings. The van der Waals surface area contributed by atoms with Crippen LogP contribution in [0.2, 0.25) is 0 Å². The summed E-state index contributed by atoms with van der Waals surface area (Å²) in [6.45, 7) is 0. The quantitative estimate of drug-likeness (QED) is 0.809. The molecule has 0 radical (unpaired) electrons. The Labute approximate surface area is 95.7 Å². The first-order chi connectivity index (χ1) is 7.70. The third-order valence-corrected chi connectivity index (χ3v) is 3.46. The van der Waals surface area contributed by atoms with Crippen LogP contribution >= 0.6 is 0 Å². The number of hydrogen-bond acceptors (Lipinski definition) is 3. The molecule has 0 aliphatic heterocycles. The molecule has 2 rings (SSSR count). The smallest absolute Gasteiger partial charge is 0.122 e. The van der Waals surface area contributed by atoms with Crippen molar-refractivity contribution in [3.05, 3.63) is 23.8 Å². The van der Waals surface area contributed by atoms with Crippen LogP contribution in [0.15, 0.2) is 18.2 Å². The zero-order valence-corrected chi connectivity index (χ0v) is 9.52. The van der Waals surface area contributed by atoms with E-state index in [1.807, 2.05) is 6.07 Å². The molecule has 3 nitrogen and oxygen atoms in total. The average molecular weight is 222 g/mol. The lowest BCUT2D eigenvalue weighted by Gasteiger charge is -2.28. The molecule has 1 saturated carbocycles. The van der Waals surface area contributed by atoms with Gasteiger partial charge >= 0.3 is 0 Å². The number of aromatic hydroxyl groups is 2. The van der Waals surface area contributed by atoms with Gasteiger partial charge in [-0.1, -0.05) is 6.07 Å². The number of phenols is 2. The van der Waals surface area contributed by atoms with E-state index in [2.05, 4.69) is 0 Å². The van der Waals surface area contributed by atoms with E-state index in [1.54, 1.807) is 13.2 Å². The van der Waals surface area contributed by atoms with E-state index in [9.17, 15) is 10.2 Å². The molecule has 3 heteroatoms. The van der Waals surface area contributed by atoms with E-state index in [4.69, 9.17) is 4.74 Å². The van der Waals surface area contributed by atoms with Crippen LogP contribution < -0.4 is 0 Å². The summed E-state index contributed by atoms with van der Waals surface area (Å²) in [7, 11) is 1.75. The fraction of sp³-hybridized carbons (Fsp3) is 0.538. The summed E-state index contributed by atoms with van der Waals surface area (Å²) in [5, 5.41) is 19.0. The van der Waals surface area contributed by atoms with Gasteiger partial charge in [0.2, 0.25) is 0 Å². The van der Waals surface area contributed by atoms with E-state index in [0.29, 0.717) is 12.0 Å². The van der Waals surface area contributed by atoms with E-state index in [1.165, 1.54) is 6.07 Å². The predicted octanol–water partition coefficient (Wildman–Crippen LogP) is 2.77. The number of methoxy groups -OCH3 is 1. The van der Waals surface area contributed by atoms with Crippen LogP contribution in [-0.4, -0.2) is 23.4 Å². The molecule has 0 heterocycles. The minimum atomic E-state index is 0.117. The molecular formula is C13H18O3. The highest BCUT2D eigenvalue weighted by atomic mass is 16.5. The fourth-order valence-electron chi connectivity index (χ4n) is 2.49. The van der Waals surface area contributed by atoms with Gasteiger partial charge in [0, 0.05) is 13.2 Å². The van der Waals surface area contributed by atoms with E-state index >= 15 is 0 Å². The number of benzene rings is 1. The van der Waals surface area contributed by atoms with Crippen molar-refractivity contribution >= 4 is 0 Å². The van der Waals surface area contributed by atoms with Gasteiger partial charge in [0.15, 0.2) is 0 Å². The summed E-state index contributed by atoms with van der Waals surface area (Å²) in [5.41, 5.74) is 0.951. The van der Waals surface area contributed by atoms with Gasteiger partial charge in [0.05, 0.1) is 6.10 Å². The molecule has 0 unspecified atom stereocenters. The number of rotatable bonds is 2. The van der Waals surface area contributed by atoms with Crippen molar-refractivity contribution in [3.8, 4) is 11.5 Å². The van der Waals surface area contributed by atoms with Gasteiger partial charge in [-0.15, -0.1) is 0 Å². The predicted molar refractivity (Wildman–Crippen MR) is 61.8 cm³/mol. The van der Waals surface area contributed by atoms with Crippen LogP contribution in [0.3, 0.4) is 0 Å². The minimum absolute atomic E-state index is 0.117. The SMILES string of the molecule is COC1CCC(c2ccc(O)cc2O)CC1. The molecule has 0 spiro atoms. The number of phenolic OH excluding ortho intramolecular Hbond substituents is 2. The van der Waals surface area contributed by atoms with Crippen LogP contribution in [0.25, 0.3) is 0 Å². The Balaban J connectivity index is 2.08. The maximum atomic E-state index is 9.78. The summed E-state index contributed by atoms with van der Waals surface area (Å²) in [6, 6.07) is 4.87. The van der Waals surface area contributed by atoms with Crippen molar-refractivity contribution < 1.29 is 14.9 Å². The molecule has 0 bridgehead atoms. The zero-order chi connectivity index (χ0) is 11.5. The zero-order valence-electron chi connectivity index (χ0n) is 9.52. The second-order valence-corrected chi connectivity index (χ2v) is 4.45. The number of hydrogen-bond donors (Lipinski definition) is 2. The molecule has 1 aliphatic carbocycles. The van der Waals surface area contributed by atoms with Crippen LogP contribution in [0, 0.1) is 0 Å². The molecule has 1 aromatic rings. The van der Waals surface area contributed by atoms with E-state index in [0.717, 1.165) is 31.2 Å². The van der Waals surface area contributed by atoms with Gasteiger partial charge in [0.25, 0.3) is 0 Å². The average Bonchev–Trinajstić information content (AvgIpc) is 2.29. The van der Waals surface area contributed by atoms with Crippen molar-refractivity contribution in [1.82, 2.24) is 0 Å². The highest BCUT2D eigenvalue weighted by Crippen LogP contribution is 2.38. The second kappa shape index (κ2) is 4.74. The lowest BCUT2D eigenvalue weighted by Crippen LogP contribution is -2.19. The second-order valence-electron chi connectivity index (χ2n) is 4.45. The Morgan fingerprint density at radius 3 is 2.38 bits per heavy atom. The van der Waals surface area contributed by atoms with Crippen molar-refractivity contribution in [2.24, 2.45) is 0 Å². The van der Waals surface area contributed by atoms with Gasteiger partial charge in [0.1, 0.15) is 11.5 Å². The van der Waals surface area contributed by atoms with Crippen molar-refractivity contribution in [1.29, 1.82) is 0 Å². The van der Waals surface area contributed by atoms with Crippen molar-refractivity contribution in [2.75, 3.05) is 7.11 Å². The van der Waals surface area contributed by atoms with Crippen molar-refractivity contribution in [2.45, 2.75) is 37.7 Å². The summed E-state index contributed by atoms with van der Waals surface area (Å²) in [5.74, 6) is 0.722. The largest absolute Gasteiger partial charge is 0.508 e. The monoisotopic (exact) mass is 222 g/mol. The molecule has 1 aliphatic rings.